The molecule has 0 fully saturated rings. The maximum absolute atomic E-state index is 11.0. The van der Waals surface area contributed by atoms with Crippen LogP contribution in [-0.2, 0) is 11.2 Å². The van der Waals surface area contributed by atoms with Crippen molar-refractivity contribution < 1.29 is 4.79 Å². The van der Waals surface area contributed by atoms with Crippen molar-refractivity contribution in [2.24, 2.45) is 0 Å². The molecule has 0 unspecified atom stereocenters. The smallest absolute Gasteiger partial charge is 0.234 e. The van der Waals surface area contributed by atoms with Gasteiger partial charge in [0.25, 0.3) is 0 Å². The van der Waals surface area contributed by atoms with Crippen molar-refractivity contribution in [2.75, 3.05) is 12.3 Å². The number of amides is 1. The molecule has 1 aromatic rings. The van der Waals surface area contributed by atoms with Gasteiger partial charge in [0.15, 0.2) is 0 Å². The van der Waals surface area contributed by atoms with Crippen molar-refractivity contribution in [1.82, 2.24) is 5.32 Å². The molecular formula is C13H16N2OS. The van der Waals surface area contributed by atoms with Crippen LogP contribution in [0.25, 0.3) is 0 Å². The molecule has 1 aromatic carbocycles. The lowest BCUT2D eigenvalue weighted by Gasteiger charge is -2.04. The minimum Gasteiger partial charge on any atom is -0.355 e. The quantitative estimate of drug-likeness (QED) is 0.786. The number of hydrogen-bond donors (Lipinski definition) is 1. The Labute approximate surface area is 106 Å². The molecule has 1 N–H and O–H groups in total. The summed E-state index contributed by atoms with van der Waals surface area (Å²) >= 11 is 1.81. The molecule has 0 aliphatic carbocycles. The van der Waals surface area contributed by atoms with Gasteiger partial charge in [-0.3, -0.25) is 4.79 Å². The molecule has 0 saturated heterocycles. The topological polar surface area (TPSA) is 52.9 Å². The van der Waals surface area contributed by atoms with E-state index in [-0.39, 0.29) is 12.3 Å². The van der Waals surface area contributed by atoms with Gasteiger partial charge in [-0.1, -0.05) is 19.1 Å². The molecule has 0 saturated carbocycles. The van der Waals surface area contributed by atoms with Crippen molar-refractivity contribution in [2.45, 2.75) is 24.7 Å². The molecule has 0 aromatic heterocycles. The molecule has 1 rings (SSSR count). The molecule has 0 spiro atoms. The molecule has 4 heteroatoms. The number of benzene rings is 1. The van der Waals surface area contributed by atoms with E-state index in [9.17, 15) is 4.79 Å². The van der Waals surface area contributed by atoms with Crippen LogP contribution in [0.2, 0.25) is 0 Å². The summed E-state index contributed by atoms with van der Waals surface area (Å²) in [6, 6.07) is 10.2. The second-order valence-corrected chi connectivity index (χ2v) is 4.85. The van der Waals surface area contributed by atoms with Gasteiger partial charge in [0.05, 0.1) is 6.07 Å². The lowest BCUT2D eigenvalue weighted by atomic mass is 10.1. The lowest BCUT2D eigenvalue weighted by Crippen LogP contribution is -2.24. The van der Waals surface area contributed by atoms with Crippen LogP contribution in [0.5, 0.6) is 0 Å². The van der Waals surface area contributed by atoms with E-state index in [2.05, 4.69) is 36.5 Å². The number of nitrogens with one attached hydrogen (secondary N) is 1. The zero-order valence-electron chi connectivity index (χ0n) is 9.90. The summed E-state index contributed by atoms with van der Waals surface area (Å²) in [5.41, 5.74) is 1.20. The molecule has 0 atom stereocenters. The second kappa shape index (κ2) is 7.75. The maximum Gasteiger partial charge on any atom is 0.234 e. The highest BCUT2D eigenvalue weighted by atomic mass is 32.2. The fourth-order valence-corrected chi connectivity index (χ4v) is 2.06. The zero-order chi connectivity index (χ0) is 12.5. The third-order valence-corrected chi connectivity index (χ3v) is 3.10. The highest BCUT2D eigenvalue weighted by Gasteiger charge is 1.99. The molecule has 0 radical (unpaired) electrons. The van der Waals surface area contributed by atoms with E-state index in [1.165, 1.54) is 10.5 Å². The van der Waals surface area contributed by atoms with Crippen molar-refractivity contribution in [3.8, 4) is 6.07 Å². The third kappa shape index (κ3) is 5.41. The Bertz CT molecular complexity index is 395. The second-order valence-electron chi connectivity index (χ2n) is 3.51. The van der Waals surface area contributed by atoms with E-state index >= 15 is 0 Å². The first-order chi connectivity index (χ1) is 8.26. The average molecular weight is 248 g/mol. The van der Waals surface area contributed by atoms with E-state index in [0.717, 1.165) is 12.2 Å². The molecular weight excluding hydrogens is 232 g/mol. The molecule has 90 valence electrons. The number of hydrogen-bond acceptors (Lipinski definition) is 3. The van der Waals surface area contributed by atoms with Gasteiger partial charge in [0.2, 0.25) is 5.91 Å². The Morgan fingerprint density at radius 2 is 2.12 bits per heavy atom. The first-order valence-electron chi connectivity index (χ1n) is 5.61. The Morgan fingerprint density at radius 1 is 1.41 bits per heavy atom. The van der Waals surface area contributed by atoms with Crippen LogP contribution in [0, 0.1) is 11.3 Å². The van der Waals surface area contributed by atoms with Gasteiger partial charge in [-0.25, -0.2) is 0 Å². The number of rotatable bonds is 6. The van der Waals surface area contributed by atoms with Crippen LogP contribution in [0.4, 0.5) is 0 Å². The highest BCUT2D eigenvalue weighted by Crippen LogP contribution is 2.17. The summed E-state index contributed by atoms with van der Waals surface area (Å²) in [6.45, 7) is 2.71. The number of nitrogens with zero attached hydrogens (tertiary/aromatic N) is 1. The van der Waals surface area contributed by atoms with Crippen molar-refractivity contribution in [3.05, 3.63) is 29.8 Å². The van der Waals surface area contributed by atoms with E-state index in [0.29, 0.717) is 6.54 Å². The predicted octanol–water partition coefficient (Wildman–Crippen LogP) is 2.37. The summed E-state index contributed by atoms with van der Waals surface area (Å²) in [5, 5.41) is 11.0. The van der Waals surface area contributed by atoms with Gasteiger partial charge in [-0.15, -0.1) is 11.8 Å². The molecule has 0 bridgehead atoms. The van der Waals surface area contributed by atoms with Gasteiger partial charge in [0.1, 0.15) is 6.42 Å². The summed E-state index contributed by atoms with van der Waals surface area (Å²) in [4.78, 5) is 12.3. The number of carbonyl (C=O) groups excluding carboxylic acids is 1. The Balaban J connectivity index is 2.32. The van der Waals surface area contributed by atoms with Crippen molar-refractivity contribution >= 4 is 17.7 Å². The van der Waals surface area contributed by atoms with E-state index in [4.69, 9.17) is 5.26 Å². The average Bonchev–Trinajstić information content (AvgIpc) is 2.32. The van der Waals surface area contributed by atoms with Crippen LogP contribution < -0.4 is 5.32 Å². The van der Waals surface area contributed by atoms with Gasteiger partial charge in [-0.05, 0) is 29.9 Å². The van der Waals surface area contributed by atoms with E-state index in [1.54, 1.807) is 0 Å². The molecule has 0 aliphatic heterocycles. The molecule has 0 heterocycles. The predicted molar refractivity (Wildman–Crippen MR) is 69.8 cm³/mol. The normalized spacial score (nSPS) is 9.65. The first-order valence-corrected chi connectivity index (χ1v) is 6.60. The van der Waals surface area contributed by atoms with Crippen molar-refractivity contribution in [3.63, 3.8) is 0 Å². The zero-order valence-corrected chi connectivity index (χ0v) is 10.7. The number of thioether (sulfide) groups is 1. The monoisotopic (exact) mass is 248 g/mol. The standard InChI is InChI=1S/C13H16N2OS/c1-2-17-12-5-3-11(4-6-12)8-10-15-13(16)7-9-14/h3-6H,2,7-8,10H2,1H3,(H,15,16). The largest absolute Gasteiger partial charge is 0.355 e. The van der Waals surface area contributed by atoms with Crippen LogP contribution in [-0.4, -0.2) is 18.2 Å². The van der Waals surface area contributed by atoms with E-state index < -0.39 is 0 Å². The fourth-order valence-electron chi connectivity index (χ4n) is 1.40. The number of nitriles is 1. The molecule has 1 amide bonds. The third-order valence-electron chi connectivity index (χ3n) is 2.21. The summed E-state index contributed by atoms with van der Waals surface area (Å²) in [7, 11) is 0. The Morgan fingerprint density at radius 3 is 2.71 bits per heavy atom. The van der Waals surface area contributed by atoms with Crippen LogP contribution in [0.3, 0.4) is 0 Å². The molecule has 17 heavy (non-hydrogen) atoms. The number of carbonyl (C=O) groups is 1. The van der Waals surface area contributed by atoms with Crippen LogP contribution in [0.1, 0.15) is 18.9 Å². The fraction of sp³-hybridized carbons (Fsp3) is 0.385. The SMILES string of the molecule is CCSc1ccc(CCNC(=O)CC#N)cc1. The van der Waals surface area contributed by atoms with Gasteiger partial charge in [0, 0.05) is 11.4 Å². The summed E-state index contributed by atoms with van der Waals surface area (Å²) in [6.07, 6.45) is 0.736. The summed E-state index contributed by atoms with van der Waals surface area (Å²) in [5.74, 6) is 0.870. The van der Waals surface area contributed by atoms with E-state index in [1.807, 2.05) is 17.8 Å². The highest BCUT2D eigenvalue weighted by molar-refractivity contribution is 7.99. The Hall–Kier alpha value is -1.47. The van der Waals surface area contributed by atoms with Gasteiger partial charge in [-0.2, -0.15) is 5.26 Å². The minimum absolute atomic E-state index is 0.0634. The van der Waals surface area contributed by atoms with Crippen LogP contribution in [0.15, 0.2) is 29.2 Å². The lowest BCUT2D eigenvalue weighted by molar-refractivity contribution is -0.120. The van der Waals surface area contributed by atoms with Crippen LogP contribution >= 0.6 is 11.8 Å². The van der Waals surface area contributed by atoms with Gasteiger partial charge >= 0.3 is 0 Å². The molecule has 0 aliphatic rings. The Kier molecular flexibility index (Phi) is 6.19. The summed E-state index contributed by atoms with van der Waals surface area (Å²) < 4.78 is 0. The minimum atomic E-state index is -0.203. The maximum atomic E-state index is 11.0. The first kappa shape index (κ1) is 13.6. The molecule has 3 nitrogen and oxygen atoms in total. The van der Waals surface area contributed by atoms with Crippen molar-refractivity contribution in [1.29, 1.82) is 5.26 Å². The van der Waals surface area contributed by atoms with Gasteiger partial charge < -0.3 is 5.32 Å².